The van der Waals surface area contributed by atoms with Crippen LogP contribution in [-0.4, -0.2) is 23.2 Å². The molecule has 2 aromatic rings. The normalized spacial score (nSPS) is 10.9. The molecule has 0 saturated heterocycles. The predicted octanol–water partition coefficient (Wildman–Crippen LogP) is 2.34. The van der Waals surface area contributed by atoms with Crippen LogP contribution in [-0.2, 0) is 13.1 Å². The van der Waals surface area contributed by atoms with E-state index in [2.05, 4.69) is 25.8 Å². The number of nitrogens with one attached hydrogen (secondary N) is 3. The summed E-state index contributed by atoms with van der Waals surface area (Å²) >= 11 is 0. The molecule has 114 valence electrons. The van der Waals surface area contributed by atoms with Crippen molar-refractivity contribution in [3.8, 4) is 0 Å². The lowest BCUT2D eigenvalue weighted by Crippen LogP contribution is -2.36. The summed E-state index contributed by atoms with van der Waals surface area (Å²) in [7, 11) is 1.71. The molecule has 21 heavy (non-hydrogen) atoms. The summed E-state index contributed by atoms with van der Waals surface area (Å²) in [6.45, 7) is 2.95. The third-order valence-electron chi connectivity index (χ3n) is 2.91. The molecule has 0 aliphatic rings. The van der Waals surface area contributed by atoms with Crippen molar-refractivity contribution in [2.45, 2.75) is 20.0 Å². The van der Waals surface area contributed by atoms with Gasteiger partial charge in [0.15, 0.2) is 5.96 Å². The van der Waals surface area contributed by atoms with E-state index < -0.39 is 0 Å². The quantitative estimate of drug-likeness (QED) is 0.417. The van der Waals surface area contributed by atoms with Crippen molar-refractivity contribution in [2.24, 2.45) is 4.99 Å². The molecule has 5 nitrogen and oxygen atoms in total. The molecule has 1 aromatic heterocycles. The smallest absolute Gasteiger partial charge is 0.191 e. The van der Waals surface area contributed by atoms with E-state index in [-0.39, 0.29) is 29.8 Å². The van der Waals surface area contributed by atoms with Gasteiger partial charge >= 0.3 is 0 Å². The minimum absolute atomic E-state index is 0. The average molecular weight is 403 g/mol. The van der Waals surface area contributed by atoms with Gasteiger partial charge in [-0.3, -0.25) is 10.1 Å². The van der Waals surface area contributed by atoms with E-state index in [9.17, 15) is 4.39 Å². The zero-order valence-corrected chi connectivity index (χ0v) is 14.3. The molecule has 0 aliphatic heterocycles. The van der Waals surface area contributed by atoms with Crippen molar-refractivity contribution >= 4 is 29.9 Å². The van der Waals surface area contributed by atoms with Crippen LogP contribution in [0.3, 0.4) is 0 Å². The summed E-state index contributed by atoms with van der Waals surface area (Å²) in [6, 6.07) is 6.96. The van der Waals surface area contributed by atoms with Gasteiger partial charge < -0.3 is 10.6 Å². The van der Waals surface area contributed by atoms with Crippen molar-refractivity contribution in [1.82, 2.24) is 20.8 Å². The molecular formula is C14H19FIN5. The predicted molar refractivity (Wildman–Crippen MR) is 92.2 cm³/mol. The van der Waals surface area contributed by atoms with Crippen LogP contribution in [0, 0.1) is 12.7 Å². The number of benzene rings is 1. The Morgan fingerprint density at radius 3 is 2.67 bits per heavy atom. The second kappa shape index (κ2) is 8.60. The number of aromatic amines is 1. The zero-order valence-electron chi connectivity index (χ0n) is 12.0. The number of hydrogen-bond acceptors (Lipinski definition) is 2. The van der Waals surface area contributed by atoms with E-state index >= 15 is 0 Å². The molecule has 0 spiro atoms. The molecule has 1 aromatic carbocycles. The molecule has 3 N–H and O–H groups in total. The second-order valence-electron chi connectivity index (χ2n) is 4.44. The van der Waals surface area contributed by atoms with Gasteiger partial charge in [-0.05, 0) is 30.2 Å². The largest absolute Gasteiger partial charge is 0.352 e. The number of nitrogens with zero attached hydrogens (tertiary/aromatic N) is 2. The van der Waals surface area contributed by atoms with Gasteiger partial charge in [0.2, 0.25) is 0 Å². The average Bonchev–Trinajstić information content (AvgIpc) is 2.96. The number of H-pyrrole nitrogens is 1. The van der Waals surface area contributed by atoms with E-state index in [0.717, 1.165) is 11.3 Å². The highest BCUT2D eigenvalue weighted by Crippen LogP contribution is 2.08. The van der Waals surface area contributed by atoms with Crippen molar-refractivity contribution in [3.63, 3.8) is 0 Å². The highest BCUT2D eigenvalue weighted by molar-refractivity contribution is 14.0. The van der Waals surface area contributed by atoms with Crippen LogP contribution in [0.2, 0.25) is 0 Å². The minimum Gasteiger partial charge on any atom is -0.352 e. The molecule has 0 fully saturated rings. The van der Waals surface area contributed by atoms with E-state index in [4.69, 9.17) is 0 Å². The van der Waals surface area contributed by atoms with Gasteiger partial charge in [0, 0.05) is 19.8 Å². The Balaban J connectivity index is 0.00000220. The first-order chi connectivity index (χ1) is 9.69. The summed E-state index contributed by atoms with van der Waals surface area (Å²) < 4.78 is 13.2. The topological polar surface area (TPSA) is 65.1 Å². The Labute approximate surface area is 140 Å². The number of hydrogen-bond donors (Lipinski definition) is 3. The number of halogens is 2. The fraction of sp³-hybridized carbons (Fsp3) is 0.286. The third-order valence-corrected chi connectivity index (χ3v) is 2.91. The van der Waals surface area contributed by atoms with Gasteiger partial charge in [0.25, 0.3) is 0 Å². The fourth-order valence-corrected chi connectivity index (χ4v) is 1.79. The molecule has 2 rings (SSSR count). The first kappa shape index (κ1) is 17.4. The first-order valence-corrected chi connectivity index (χ1v) is 6.37. The maximum absolute atomic E-state index is 13.2. The van der Waals surface area contributed by atoms with Gasteiger partial charge in [-0.1, -0.05) is 12.1 Å². The van der Waals surface area contributed by atoms with Crippen molar-refractivity contribution in [2.75, 3.05) is 7.05 Å². The zero-order chi connectivity index (χ0) is 14.4. The first-order valence-electron chi connectivity index (χ1n) is 6.37. The lowest BCUT2D eigenvalue weighted by Gasteiger charge is -2.11. The Hall–Kier alpha value is -1.64. The highest BCUT2D eigenvalue weighted by atomic mass is 127. The van der Waals surface area contributed by atoms with Crippen LogP contribution >= 0.6 is 24.0 Å². The SMILES string of the molecule is CN=C(NCc1ccc(F)c(C)c1)NCc1ccn[nH]1.I. The number of aryl methyl sites for hydroxylation is 1. The maximum Gasteiger partial charge on any atom is 0.191 e. The van der Waals surface area contributed by atoms with E-state index in [1.165, 1.54) is 6.07 Å². The summed E-state index contributed by atoms with van der Waals surface area (Å²) in [5.41, 5.74) is 2.63. The number of rotatable bonds is 4. The molecule has 0 atom stereocenters. The maximum atomic E-state index is 13.2. The summed E-state index contributed by atoms with van der Waals surface area (Å²) in [4.78, 5) is 4.13. The number of aromatic nitrogens is 2. The van der Waals surface area contributed by atoms with Crippen LogP contribution in [0.5, 0.6) is 0 Å². The molecule has 0 unspecified atom stereocenters. The molecule has 0 saturated carbocycles. The Morgan fingerprint density at radius 2 is 2.05 bits per heavy atom. The Bertz CT molecular complexity index is 583. The van der Waals surface area contributed by atoms with E-state index in [0.29, 0.717) is 24.6 Å². The van der Waals surface area contributed by atoms with Crippen LogP contribution in [0.25, 0.3) is 0 Å². The lowest BCUT2D eigenvalue weighted by atomic mass is 10.1. The summed E-state index contributed by atoms with van der Waals surface area (Å²) in [6.07, 6.45) is 1.70. The molecular weight excluding hydrogens is 384 g/mol. The lowest BCUT2D eigenvalue weighted by molar-refractivity contribution is 0.617. The van der Waals surface area contributed by atoms with Crippen LogP contribution in [0.15, 0.2) is 35.5 Å². The van der Waals surface area contributed by atoms with Crippen LogP contribution in [0.4, 0.5) is 4.39 Å². The highest BCUT2D eigenvalue weighted by Gasteiger charge is 2.02. The Morgan fingerprint density at radius 1 is 1.29 bits per heavy atom. The van der Waals surface area contributed by atoms with Gasteiger partial charge in [-0.15, -0.1) is 24.0 Å². The summed E-state index contributed by atoms with van der Waals surface area (Å²) in [5, 5.41) is 13.1. The Kier molecular flexibility index (Phi) is 7.13. The number of aliphatic imine (C=N–C) groups is 1. The third kappa shape index (κ3) is 5.33. The number of guanidine groups is 1. The van der Waals surface area contributed by atoms with E-state index in [1.807, 2.05) is 12.1 Å². The van der Waals surface area contributed by atoms with Gasteiger partial charge in [-0.2, -0.15) is 5.10 Å². The minimum atomic E-state index is -0.185. The standard InChI is InChI=1S/C14H18FN5.HI/c1-10-7-11(3-4-13(10)15)8-17-14(16-2)18-9-12-5-6-19-20-12;/h3-7H,8-9H2,1-2H3,(H,19,20)(H2,16,17,18);1H. The molecule has 1 heterocycles. The van der Waals surface area contributed by atoms with Gasteiger partial charge in [0.1, 0.15) is 5.82 Å². The van der Waals surface area contributed by atoms with E-state index in [1.54, 1.807) is 26.2 Å². The molecule has 0 amide bonds. The molecule has 0 radical (unpaired) electrons. The van der Waals surface area contributed by atoms with Crippen molar-refractivity contribution < 1.29 is 4.39 Å². The molecule has 0 bridgehead atoms. The van der Waals surface area contributed by atoms with Crippen LogP contribution in [0.1, 0.15) is 16.8 Å². The monoisotopic (exact) mass is 403 g/mol. The molecule has 0 aliphatic carbocycles. The summed E-state index contributed by atoms with van der Waals surface area (Å²) in [5.74, 6) is 0.497. The van der Waals surface area contributed by atoms with Crippen LogP contribution < -0.4 is 10.6 Å². The fourth-order valence-electron chi connectivity index (χ4n) is 1.79. The van der Waals surface area contributed by atoms with Crippen molar-refractivity contribution in [3.05, 3.63) is 53.1 Å². The second-order valence-corrected chi connectivity index (χ2v) is 4.44. The van der Waals surface area contributed by atoms with Gasteiger partial charge in [0.05, 0.1) is 12.2 Å². The molecule has 7 heteroatoms. The van der Waals surface area contributed by atoms with Crippen molar-refractivity contribution in [1.29, 1.82) is 0 Å². The van der Waals surface area contributed by atoms with Gasteiger partial charge in [-0.25, -0.2) is 4.39 Å².